The molecule has 0 aliphatic heterocycles. The van der Waals surface area contributed by atoms with Gasteiger partial charge in [0.25, 0.3) is 0 Å². The minimum absolute atomic E-state index is 0.0300. The summed E-state index contributed by atoms with van der Waals surface area (Å²) in [5.74, 6) is -2.61. The Morgan fingerprint density at radius 2 is 1.89 bits per heavy atom. The number of sulfonamides is 2. The molecule has 0 aliphatic rings. The molecule has 8 nitrogen and oxygen atoms in total. The molecule has 0 amide bonds. The Bertz CT molecular complexity index is 680. The van der Waals surface area contributed by atoms with E-state index in [1.54, 1.807) is 0 Å². The highest BCUT2D eigenvalue weighted by Crippen LogP contribution is 2.16. The zero-order valence-electron chi connectivity index (χ0n) is 9.82. The second-order valence-electron chi connectivity index (χ2n) is 3.49. The molecule has 0 atom stereocenters. The zero-order valence-corrected chi connectivity index (χ0v) is 11.5. The predicted octanol–water partition coefficient (Wildman–Crippen LogP) is -0.579. The van der Waals surface area contributed by atoms with Crippen LogP contribution in [0.5, 0.6) is 0 Å². The van der Waals surface area contributed by atoms with Crippen molar-refractivity contribution < 1.29 is 26.7 Å². The van der Waals surface area contributed by atoms with Gasteiger partial charge in [0.1, 0.15) is 0 Å². The maximum atomic E-state index is 11.5. The summed E-state index contributed by atoms with van der Waals surface area (Å²) in [5.41, 5.74) is -0.0300. The van der Waals surface area contributed by atoms with Crippen molar-refractivity contribution in [3.05, 3.63) is 24.3 Å². The number of carbonyl (C=O) groups is 1. The third-order valence-electron chi connectivity index (χ3n) is 2.00. The third kappa shape index (κ3) is 4.50. The molecular formula is C9H12N2O6S2. The minimum atomic E-state index is -4.07. The van der Waals surface area contributed by atoms with Crippen molar-refractivity contribution in [2.45, 2.75) is 4.90 Å². The quantitative estimate of drug-likeness (QED) is 0.644. The van der Waals surface area contributed by atoms with Crippen LogP contribution in [0.15, 0.2) is 29.2 Å². The van der Waals surface area contributed by atoms with Crippen LogP contribution in [-0.4, -0.2) is 40.7 Å². The van der Waals surface area contributed by atoms with Gasteiger partial charge in [-0.2, -0.15) is 0 Å². The minimum Gasteiger partial charge on any atom is -0.480 e. The summed E-state index contributed by atoms with van der Waals surface area (Å²) in [6.07, 6.45) is 0. The van der Waals surface area contributed by atoms with Crippen molar-refractivity contribution in [3.63, 3.8) is 0 Å². The third-order valence-corrected chi connectivity index (χ3v) is 4.59. The standard InChI is InChI=1S/C9H12N2O6S2/c1-10-19(16,17)8-4-2-3-7(5-8)11-18(14,15)6-9(12)13/h2-5,10-11H,6H2,1H3,(H,12,13). The van der Waals surface area contributed by atoms with Crippen LogP contribution in [0, 0.1) is 0 Å². The number of rotatable bonds is 6. The van der Waals surface area contributed by atoms with Crippen LogP contribution in [0.3, 0.4) is 0 Å². The van der Waals surface area contributed by atoms with Crippen LogP contribution < -0.4 is 9.44 Å². The van der Waals surface area contributed by atoms with Crippen molar-refractivity contribution in [1.29, 1.82) is 0 Å². The fourth-order valence-electron chi connectivity index (χ4n) is 1.22. The Kier molecular flexibility index (Phi) is 4.50. The average molecular weight is 308 g/mol. The molecule has 0 fully saturated rings. The van der Waals surface area contributed by atoms with E-state index >= 15 is 0 Å². The molecule has 0 bridgehead atoms. The topological polar surface area (TPSA) is 130 Å². The summed E-state index contributed by atoms with van der Waals surface area (Å²) in [4.78, 5) is 10.2. The molecule has 0 radical (unpaired) electrons. The monoisotopic (exact) mass is 308 g/mol. The summed E-state index contributed by atoms with van der Waals surface area (Å²) in [6, 6.07) is 5.02. The highest BCUT2D eigenvalue weighted by Gasteiger charge is 2.17. The van der Waals surface area contributed by atoms with Gasteiger partial charge < -0.3 is 5.11 Å². The number of benzene rings is 1. The maximum absolute atomic E-state index is 11.5. The van der Waals surface area contributed by atoms with E-state index in [2.05, 4.69) is 4.72 Å². The highest BCUT2D eigenvalue weighted by atomic mass is 32.2. The SMILES string of the molecule is CNS(=O)(=O)c1cccc(NS(=O)(=O)CC(=O)O)c1. The molecular weight excluding hydrogens is 296 g/mol. The number of carboxylic acid groups (broad SMARTS) is 1. The van der Waals surface area contributed by atoms with E-state index in [-0.39, 0.29) is 10.6 Å². The van der Waals surface area contributed by atoms with Gasteiger partial charge in [0.2, 0.25) is 20.0 Å². The lowest BCUT2D eigenvalue weighted by molar-refractivity contribution is -0.134. The largest absolute Gasteiger partial charge is 0.480 e. The van der Waals surface area contributed by atoms with Crippen molar-refractivity contribution in [2.75, 3.05) is 17.5 Å². The van der Waals surface area contributed by atoms with E-state index < -0.39 is 31.8 Å². The van der Waals surface area contributed by atoms with Crippen LogP contribution in [0.1, 0.15) is 0 Å². The van der Waals surface area contributed by atoms with E-state index in [0.717, 1.165) is 6.07 Å². The zero-order chi connectivity index (χ0) is 14.7. The first-order valence-electron chi connectivity index (χ1n) is 4.92. The van der Waals surface area contributed by atoms with Crippen molar-refractivity contribution in [3.8, 4) is 0 Å². The molecule has 0 saturated heterocycles. The number of aliphatic carboxylic acids is 1. The summed E-state index contributed by atoms with van der Waals surface area (Å²) in [5, 5.41) is 8.42. The lowest BCUT2D eigenvalue weighted by Gasteiger charge is -2.08. The number of nitrogens with one attached hydrogen (secondary N) is 2. The van der Waals surface area contributed by atoms with E-state index in [1.165, 1.54) is 25.2 Å². The Hall–Kier alpha value is -1.65. The molecule has 1 aromatic rings. The molecule has 0 spiro atoms. The van der Waals surface area contributed by atoms with Crippen LogP contribution >= 0.6 is 0 Å². The maximum Gasteiger partial charge on any atom is 0.320 e. The average Bonchev–Trinajstić information content (AvgIpc) is 2.26. The Balaban J connectivity index is 3.05. The number of hydrogen-bond acceptors (Lipinski definition) is 5. The van der Waals surface area contributed by atoms with Crippen molar-refractivity contribution in [2.24, 2.45) is 0 Å². The molecule has 1 rings (SSSR count). The van der Waals surface area contributed by atoms with Gasteiger partial charge in [0.05, 0.1) is 4.90 Å². The van der Waals surface area contributed by atoms with E-state index in [1.807, 2.05) is 4.72 Å². The molecule has 1 aromatic carbocycles. The number of anilines is 1. The first-order chi connectivity index (χ1) is 8.66. The van der Waals surface area contributed by atoms with Gasteiger partial charge >= 0.3 is 5.97 Å². The summed E-state index contributed by atoms with van der Waals surface area (Å²) < 4.78 is 49.9. The van der Waals surface area contributed by atoms with Gasteiger partial charge in [-0.3, -0.25) is 9.52 Å². The van der Waals surface area contributed by atoms with Gasteiger partial charge in [-0.15, -0.1) is 0 Å². The van der Waals surface area contributed by atoms with Gasteiger partial charge in [-0.05, 0) is 25.2 Å². The van der Waals surface area contributed by atoms with Crippen LogP contribution in [0.25, 0.3) is 0 Å². The second-order valence-corrected chi connectivity index (χ2v) is 7.10. The molecule has 0 saturated carbocycles. The normalized spacial score (nSPS) is 12.1. The van der Waals surface area contributed by atoms with Crippen molar-refractivity contribution in [1.82, 2.24) is 4.72 Å². The smallest absolute Gasteiger partial charge is 0.320 e. The molecule has 0 heterocycles. The van der Waals surface area contributed by atoms with E-state index in [9.17, 15) is 21.6 Å². The predicted molar refractivity (Wildman–Crippen MR) is 67.7 cm³/mol. The van der Waals surface area contributed by atoms with Crippen LogP contribution in [0.2, 0.25) is 0 Å². The lowest BCUT2D eigenvalue weighted by atomic mass is 10.3. The van der Waals surface area contributed by atoms with Gasteiger partial charge in [-0.1, -0.05) is 6.07 Å². The molecule has 10 heteroatoms. The Morgan fingerprint density at radius 1 is 1.26 bits per heavy atom. The van der Waals surface area contributed by atoms with Crippen LogP contribution in [-0.2, 0) is 24.8 Å². The first kappa shape index (κ1) is 15.4. The number of hydrogen-bond donors (Lipinski definition) is 3. The van der Waals surface area contributed by atoms with Gasteiger partial charge in [-0.25, -0.2) is 21.6 Å². The second kappa shape index (κ2) is 5.55. The Labute approximate surface area is 110 Å². The lowest BCUT2D eigenvalue weighted by Crippen LogP contribution is -2.23. The summed E-state index contributed by atoms with van der Waals surface area (Å²) >= 11 is 0. The molecule has 106 valence electrons. The number of carboxylic acids is 1. The molecule has 0 aliphatic carbocycles. The van der Waals surface area contributed by atoms with Crippen molar-refractivity contribution >= 4 is 31.7 Å². The molecule has 19 heavy (non-hydrogen) atoms. The Morgan fingerprint density at radius 3 is 2.42 bits per heavy atom. The first-order valence-corrected chi connectivity index (χ1v) is 8.06. The molecule has 0 aromatic heterocycles. The summed E-state index contributed by atoms with van der Waals surface area (Å²) in [6.45, 7) is 0. The molecule has 3 N–H and O–H groups in total. The van der Waals surface area contributed by atoms with Crippen LogP contribution in [0.4, 0.5) is 5.69 Å². The highest BCUT2D eigenvalue weighted by molar-refractivity contribution is 7.93. The fourth-order valence-corrected chi connectivity index (χ4v) is 2.88. The molecule has 0 unspecified atom stereocenters. The van der Waals surface area contributed by atoms with E-state index in [0.29, 0.717) is 0 Å². The summed E-state index contributed by atoms with van der Waals surface area (Å²) in [7, 11) is -6.55. The fraction of sp³-hybridized carbons (Fsp3) is 0.222. The van der Waals surface area contributed by atoms with Gasteiger partial charge in [0.15, 0.2) is 5.75 Å². The van der Waals surface area contributed by atoms with Gasteiger partial charge in [0, 0.05) is 5.69 Å². The van der Waals surface area contributed by atoms with E-state index in [4.69, 9.17) is 5.11 Å².